The molecule has 7 heteroatoms. The summed E-state index contributed by atoms with van der Waals surface area (Å²) in [6, 6.07) is 2.87. The molecule has 0 bridgehead atoms. The zero-order chi connectivity index (χ0) is 12.0. The van der Waals surface area contributed by atoms with Gasteiger partial charge in [-0.15, -0.1) is 10.2 Å². The molecule has 7 nitrogen and oxygen atoms in total. The Morgan fingerprint density at radius 1 is 1.38 bits per heavy atom. The molecule has 0 radical (unpaired) electrons. The Balaban J connectivity index is 2.38. The number of anilines is 1. The first-order valence-electron chi connectivity index (χ1n) is 4.69. The van der Waals surface area contributed by atoms with Crippen molar-refractivity contribution in [2.75, 3.05) is 11.9 Å². The van der Waals surface area contributed by atoms with E-state index >= 15 is 0 Å². The number of carboxylic acids is 1. The van der Waals surface area contributed by atoms with Gasteiger partial charge in [-0.2, -0.15) is 0 Å². The van der Waals surface area contributed by atoms with Crippen molar-refractivity contribution in [3.63, 3.8) is 0 Å². The van der Waals surface area contributed by atoms with Gasteiger partial charge in [0.05, 0.1) is 0 Å². The van der Waals surface area contributed by atoms with Crippen molar-refractivity contribution in [2.45, 2.75) is 12.8 Å². The highest BCUT2D eigenvalue weighted by atomic mass is 16.4. The van der Waals surface area contributed by atoms with Crippen LogP contribution in [0.2, 0.25) is 0 Å². The van der Waals surface area contributed by atoms with Gasteiger partial charge in [-0.3, -0.25) is 4.79 Å². The zero-order valence-corrected chi connectivity index (χ0v) is 8.51. The topological polar surface area (TPSA) is 118 Å². The second-order valence-electron chi connectivity index (χ2n) is 3.11. The van der Waals surface area contributed by atoms with Crippen LogP contribution in [0.3, 0.4) is 0 Å². The maximum atomic E-state index is 10.5. The fourth-order valence-corrected chi connectivity index (χ4v) is 1.02. The Morgan fingerprint density at radius 3 is 2.62 bits per heavy atom. The molecule has 4 N–H and O–H groups in total. The second-order valence-corrected chi connectivity index (χ2v) is 3.11. The van der Waals surface area contributed by atoms with Crippen molar-refractivity contribution in [3.8, 4) is 0 Å². The number of carbonyl (C=O) groups is 2. The van der Waals surface area contributed by atoms with Crippen molar-refractivity contribution in [3.05, 3.63) is 17.8 Å². The molecule has 0 aliphatic rings. The van der Waals surface area contributed by atoms with E-state index in [1.54, 1.807) is 0 Å². The Labute approximate surface area is 91.7 Å². The van der Waals surface area contributed by atoms with Crippen molar-refractivity contribution in [1.82, 2.24) is 10.2 Å². The van der Waals surface area contributed by atoms with Crippen LogP contribution in [0.5, 0.6) is 0 Å². The number of aromatic carboxylic acids is 1. The quantitative estimate of drug-likeness (QED) is 0.578. The Morgan fingerprint density at radius 2 is 2.12 bits per heavy atom. The van der Waals surface area contributed by atoms with Crippen LogP contribution < -0.4 is 11.1 Å². The van der Waals surface area contributed by atoms with Gasteiger partial charge in [0.2, 0.25) is 5.91 Å². The molecular formula is C9H12N4O3. The van der Waals surface area contributed by atoms with E-state index in [0.717, 1.165) is 0 Å². The number of hydrogen-bond donors (Lipinski definition) is 3. The van der Waals surface area contributed by atoms with Gasteiger partial charge in [0, 0.05) is 13.0 Å². The van der Waals surface area contributed by atoms with Crippen molar-refractivity contribution < 1.29 is 14.7 Å². The number of carbonyl (C=O) groups excluding carboxylic acids is 1. The summed E-state index contributed by atoms with van der Waals surface area (Å²) in [6.45, 7) is 0.532. The summed E-state index contributed by atoms with van der Waals surface area (Å²) in [4.78, 5) is 20.9. The number of primary amides is 1. The summed E-state index contributed by atoms with van der Waals surface area (Å²) in [5, 5.41) is 18.6. The molecule has 1 heterocycles. The second kappa shape index (κ2) is 5.64. The number of nitrogens with two attached hydrogens (primary N) is 1. The van der Waals surface area contributed by atoms with E-state index in [1.165, 1.54) is 12.1 Å². The van der Waals surface area contributed by atoms with E-state index in [2.05, 4.69) is 15.5 Å². The molecular weight excluding hydrogens is 212 g/mol. The van der Waals surface area contributed by atoms with Gasteiger partial charge in [-0.05, 0) is 18.6 Å². The molecule has 1 aromatic rings. The summed E-state index contributed by atoms with van der Waals surface area (Å²) in [7, 11) is 0. The van der Waals surface area contributed by atoms with E-state index in [1.807, 2.05) is 0 Å². The maximum Gasteiger partial charge on any atom is 0.356 e. The lowest BCUT2D eigenvalue weighted by Gasteiger charge is -2.03. The predicted octanol–water partition coefficient (Wildman–Crippen LogP) is -0.148. The third kappa shape index (κ3) is 3.91. The number of hydrogen-bond acceptors (Lipinski definition) is 5. The number of nitrogens with one attached hydrogen (secondary N) is 1. The molecule has 1 aromatic heterocycles. The lowest BCUT2D eigenvalue weighted by molar-refractivity contribution is -0.118. The normalized spacial score (nSPS) is 9.75. The minimum absolute atomic E-state index is 0.109. The van der Waals surface area contributed by atoms with Crippen molar-refractivity contribution in [2.24, 2.45) is 5.73 Å². The van der Waals surface area contributed by atoms with Crippen LogP contribution >= 0.6 is 0 Å². The highest BCUT2D eigenvalue weighted by Crippen LogP contribution is 2.02. The molecule has 1 amide bonds. The molecule has 0 aromatic carbocycles. The van der Waals surface area contributed by atoms with E-state index in [4.69, 9.17) is 10.8 Å². The van der Waals surface area contributed by atoms with Crippen LogP contribution in [-0.4, -0.2) is 33.7 Å². The molecule has 0 saturated heterocycles. The number of nitrogens with zero attached hydrogens (tertiary/aromatic N) is 2. The number of amides is 1. The summed E-state index contributed by atoms with van der Waals surface area (Å²) in [6.07, 6.45) is 0.894. The highest BCUT2D eigenvalue weighted by Gasteiger charge is 2.04. The van der Waals surface area contributed by atoms with Crippen LogP contribution in [0.1, 0.15) is 23.3 Å². The van der Waals surface area contributed by atoms with E-state index in [0.29, 0.717) is 25.2 Å². The summed E-state index contributed by atoms with van der Waals surface area (Å²) >= 11 is 0. The molecule has 0 unspecified atom stereocenters. The number of carboxylic acid groups (broad SMARTS) is 1. The first-order valence-corrected chi connectivity index (χ1v) is 4.69. The molecule has 16 heavy (non-hydrogen) atoms. The van der Waals surface area contributed by atoms with Gasteiger partial charge in [-0.1, -0.05) is 0 Å². The maximum absolute atomic E-state index is 10.5. The largest absolute Gasteiger partial charge is 0.476 e. The van der Waals surface area contributed by atoms with Crippen molar-refractivity contribution >= 4 is 17.7 Å². The zero-order valence-electron chi connectivity index (χ0n) is 8.51. The van der Waals surface area contributed by atoms with Gasteiger partial charge >= 0.3 is 5.97 Å². The predicted molar refractivity (Wildman–Crippen MR) is 55.9 cm³/mol. The first-order chi connectivity index (χ1) is 7.59. The van der Waals surface area contributed by atoms with Gasteiger partial charge in [-0.25, -0.2) is 4.79 Å². The first kappa shape index (κ1) is 11.9. The standard InChI is InChI=1S/C9H12N4O3/c10-7(14)2-1-5-11-8-4-3-6(9(15)16)12-13-8/h3-4H,1-2,5H2,(H2,10,14)(H,11,13)(H,15,16). The lowest BCUT2D eigenvalue weighted by atomic mass is 10.3. The minimum atomic E-state index is -1.12. The third-order valence-corrected chi connectivity index (χ3v) is 1.79. The smallest absolute Gasteiger partial charge is 0.356 e. The van der Waals surface area contributed by atoms with Gasteiger partial charge in [0.25, 0.3) is 0 Å². The van der Waals surface area contributed by atoms with Gasteiger partial charge in [0.15, 0.2) is 5.69 Å². The number of rotatable bonds is 6. The van der Waals surface area contributed by atoms with Crippen molar-refractivity contribution in [1.29, 1.82) is 0 Å². The summed E-state index contributed by atoms with van der Waals surface area (Å²) in [5.74, 6) is -1.00. The molecule has 1 rings (SSSR count). The molecule has 0 fully saturated rings. The average molecular weight is 224 g/mol. The molecule has 0 spiro atoms. The highest BCUT2D eigenvalue weighted by molar-refractivity contribution is 5.85. The Hall–Kier alpha value is -2.18. The number of aromatic nitrogens is 2. The SMILES string of the molecule is NC(=O)CCCNc1ccc(C(=O)O)nn1. The van der Waals surface area contributed by atoms with Crippen LogP contribution in [0.4, 0.5) is 5.82 Å². The summed E-state index contributed by atoms with van der Waals surface area (Å²) in [5.41, 5.74) is 4.86. The van der Waals surface area contributed by atoms with E-state index in [9.17, 15) is 9.59 Å². The van der Waals surface area contributed by atoms with Gasteiger partial charge in [0.1, 0.15) is 5.82 Å². The monoisotopic (exact) mass is 224 g/mol. The molecule has 0 saturated carbocycles. The van der Waals surface area contributed by atoms with Crippen LogP contribution in [0, 0.1) is 0 Å². The van der Waals surface area contributed by atoms with Crippen LogP contribution in [0.25, 0.3) is 0 Å². The lowest BCUT2D eigenvalue weighted by Crippen LogP contribution is -2.13. The average Bonchev–Trinajstić information content (AvgIpc) is 2.25. The Bertz CT molecular complexity index is 377. The van der Waals surface area contributed by atoms with Crippen LogP contribution in [-0.2, 0) is 4.79 Å². The Kier molecular flexibility index (Phi) is 4.19. The molecule has 0 atom stereocenters. The van der Waals surface area contributed by atoms with Gasteiger partial charge < -0.3 is 16.2 Å². The van der Waals surface area contributed by atoms with E-state index < -0.39 is 5.97 Å². The molecule has 0 aliphatic carbocycles. The van der Waals surface area contributed by atoms with Crippen LogP contribution in [0.15, 0.2) is 12.1 Å². The summed E-state index contributed by atoms with van der Waals surface area (Å²) < 4.78 is 0. The third-order valence-electron chi connectivity index (χ3n) is 1.79. The minimum Gasteiger partial charge on any atom is -0.476 e. The molecule has 86 valence electrons. The molecule has 0 aliphatic heterocycles. The fraction of sp³-hybridized carbons (Fsp3) is 0.333. The van der Waals surface area contributed by atoms with E-state index in [-0.39, 0.29) is 11.6 Å². The fourth-order valence-electron chi connectivity index (χ4n) is 1.02.